The molecule has 0 amide bonds. The molecule has 1 N–H and O–H groups in total. The molecule has 1 aromatic carbocycles. The van der Waals surface area contributed by atoms with E-state index in [4.69, 9.17) is 37.8 Å². The van der Waals surface area contributed by atoms with Crippen LogP contribution in [0.4, 0.5) is 4.39 Å². The first-order valence-corrected chi connectivity index (χ1v) is 12.7. The van der Waals surface area contributed by atoms with Gasteiger partial charge in [0.15, 0.2) is 6.23 Å². The van der Waals surface area contributed by atoms with Gasteiger partial charge in [0.05, 0.1) is 33.6 Å². The second kappa shape index (κ2) is 11.1. The van der Waals surface area contributed by atoms with Crippen molar-refractivity contribution >= 4 is 46.0 Å². The van der Waals surface area contributed by atoms with E-state index < -0.39 is 11.9 Å². The molecule has 10 heteroatoms. The van der Waals surface area contributed by atoms with E-state index in [0.29, 0.717) is 44.7 Å². The fourth-order valence-corrected chi connectivity index (χ4v) is 5.07. The minimum atomic E-state index is -0.497. The van der Waals surface area contributed by atoms with Gasteiger partial charge in [-0.3, -0.25) is 9.97 Å². The topological polar surface area (TPSA) is 82.3 Å². The lowest BCUT2D eigenvalue weighted by atomic mass is 10.1. The highest BCUT2D eigenvalue weighted by Crippen LogP contribution is 2.36. The van der Waals surface area contributed by atoms with Gasteiger partial charge in [0, 0.05) is 47.8 Å². The Morgan fingerprint density at radius 3 is 2.70 bits per heavy atom. The van der Waals surface area contributed by atoms with Crippen LogP contribution in [-0.4, -0.2) is 31.5 Å². The van der Waals surface area contributed by atoms with Crippen LogP contribution < -0.4 is 4.74 Å². The van der Waals surface area contributed by atoms with Gasteiger partial charge in [0.2, 0.25) is 0 Å². The van der Waals surface area contributed by atoms with E-state index >= 15 is 4.39 Å². The fourth-order valence-electron chi connectivity index (χ4n) is 4.40. The van der Waals surface area contributed by atoms with Crippen molar-refractivity contribution < 1.29 is 19.0 Å². The quantitative estimate of drug-likeness (QED) is 0.272. The molecule has 4 aromatic rings. The molecule has 1 fully saturated rings. The number of hydrogen-bond donors (Lipinski definition) is 1. The minimum Gasteiger partial charge on any atom is -0.486 e. The van der Waals surface area contributed by atoms with Gasteiger partial charge in [0.25, 0.3) is 0 Å². The van der Waals surface area contributed by atoms with E-state index in [1.165, 1.54) is 24.7 Å². The first-order chi connectivity index (χ1) is 17.9. The zero-order chi connectivity index (χ0) is 25.9. The summed E-state index contributed by atoms with van der Waals surface area (Å²) in [5.41, 5.74) is 2.63. The zero-order valence-corrected chi connectivity index (χ0v) is 21.6. The van der Waals surface area contributed by atoms with Gasteiger partial charge in [-0.15, -0.1) is 0 Å². The van der Waals surface area contributed by atoms with E-state index in [2.05, 4.69) is 9.97 Å². The van der Waals surface area contributed by atoms with Crippen molar-refractivity contribution in [3.05, 3.63) is 81.5 Å². The highest BCUT2D eigenvalue weighted by Gasteiger charge is 2.22. The lowest BCUT2D eigenvalue weighted by Crippen LogP contribution is -2.19. The van der Waals surface area contributed by atoms with Gasteiger partial charge < -0.3 is 14.6 Å². The number of hydrogen-bond acceptors (Lipinski definition) is 6. The Kier molecular flexibility index (Phi) is 7.71. The number of rotatable bonds is 7. The molecule has 0 radical (unpaired) electrons. The number of pyridine rings is 2. The van der Waals surface area contributed by atoms with E-state index in [1.807, 2.05) is 29.8 Å². The first kappa shape index (κ1) is 25.6. The molecule has 0 aliphatic carbocycles. The average molecular weight is 543 g/mol. The fraction of sp³-hybridized carbons (Fsp3) is 0.296. The smallest absolute Gasteiger partial charge is 0.150 e. The average Bonchev–Trinajstić information content (AvgIpc) is 3.26. The van der Waals surface area contributed by atoms with Crippen molar-refractivity contribution in [2.75, 3.05) is 6.61 Å². The van der Waals surface area contributed by atoms with Crippen LogP contribution in [0.2, 0.25) is 10.0 Å². The molecule has 5 rings (SSSR count). The van der Waals surface area contributed by atoms with Crippen LogP contribution in [0, 0.1) is 0 Å². The molecule has 4 heterocycles. The van der Waals surface area contributed by atoms with Crippen LogP contribution in [0.3, 0.4) is 0 Å². The summed E-state index contributed by atoms with van der Waals surface area (Å²) in [6, 6.07) is 8.72. The SMILES string of the molecule is CC(Oc1ccc2c(c1)c(/C=C(\F)c1ccc(CO)nc1)nn2C1CCCCO1)c1c(Cl)cncc1Cl. The summed E-state index contributed by atoms with van der Waals surface area (Å²) in [6.07, 6.45) is 7.98. The second-order valence-electron chi connectivity index (χ2n) is 8.80. The molecule has 1 aliphatic heterocycles. The normalized spacial score (nSPS) is 17.2. The Balaban J connectivity index is 1.54. The minimum absolute atomic E-state index is 0.209. The lowest BCUT2D eigenvalue weighted by Gasteiger charge is -2.23. The molecule has 0 spiro atoms. The first-order valence-electron chi connectivity index (χ1n) is 12.0. The van der Waals surface area contributed by atoms with Crippen molar-refractivity contribution in [2.24, 2.45) is 0 Å². The van der Waals surface area contributed by atoms with Crippen molar-refractivity contribution in [3.63, 3.8) is 0 Å². The Morgan fingerprint density at radius 2 is 2.03 bits per heavy atom. The van der Waals surface area contributed by atoms with Crippen LogP contribution in [0.15, 0.2) is 48.9 Å². The number of benzene rings is 1. The summed E-state index contributed by atoms with van der Waals surface area (Å²) in [6.45, 7) is 2.29. The largest absolute Gasteiger partial charge is 0.486 e. The van der Waals surface area contributed by atoms with E-state index in [0.717, 1.165) is 24.8 Å². The van der Waals surface area contributed by atoms with Crippen molar-refractivity contribution in [1.82, 2.24) is 19.7 Å². The zero-order valence-electron chi connectivity index (χ0n) is 20.1. The molecular weight excluding hydrogens is 518 g/mol. The molecule has 3 aromatic heterocycles. The molecule has 192 valence electrons. The highest BCUT2D eigenvalue weighted by atomic mass is 35.5. The number of halogens is 3. The molecule has 7 nitrogen and oxygen atoms in total. The monoisotopic (exact) mass is 542 g/mol. The predicted molar refractivity (Wildman–Crippen MR) is 141 cm³/mol. The third kappa shape index (κ3) is 5.48. The number of aliphatic hydroxyl groups excluding tert-OH is 1. The van der Waals surface area contributed by atoms with Gasteiger partial charge in [-0.05, 0) is 56.5 Å². The molecule has 1 saturated heterocycles. The molecule has 2 unspecified atom stereocenters. The maximum absolute atomic E-state index is 15.3. The number of fused-ring (bicyclic) bond motifs is 1. The molecule has 2 atom stereocenters. The van der Waals surface area contributed by atoms with Crippen molar-refractivity contribution in [2.45, 2.75) is 45.1 Å². The van der Waals surface area contributed by atoms with Gasteiger partial charge in [-0.2, -0.15) is 5.10 Å². The Labute approximate surface area is 223 Å². The molecule has 0 bridgehead atoms. The standard InChI is InChI=1S/C27H25Cl2FN4O3/c1-16(27-21(28)13-31-14-22(27)29)37-19-7-8-25-20(10-19)24(33-34(25)26-4-2-3-9-36-26)11-23(30)17-5-6-18(15-35)32-12-17/h5-8,10-14,16,26,35H,2-4,9,15H2,1H3/b23-11-. The molecule has 0 saturated carbocycles. The third-order valence-corrected chi connectivity index (χ3v) is 6.87. The maximum Gasteiger partial charge on any atom is 0.150 e. The maximum atomic E-state index is 15.3. The van der Waals surface area contributed by atoms with Crippen molar-refractivity contribution in [3.8, 4) is 5.75 Å². The number of nitrogens with zero attached hydrogens (tertiary/aromatic N) is 4. The molecular formula is C27H25Cl2FN4O3. The highest BCUT2D eigenvalue weighted by molar-refractivity contribution is 6.35. The van der Waals surface area contributed by atoms with Crippen molar-refractivity contribution in [1.29, 1.82) is 0 Å². The van der Waals surface area contributed by atoms with Gasteiger partial charge in [0.1, 0.15) is 17.7 Å². The van der Waals surface area contributed by atoms with Crippen LogP contribution >= 0.6 is 23.2 Å². The summed E-state index contributed by atoms with van der Waals surface area (Å²) in [5, 5.41) is 15.5. The Hall–Kier alpha value is -3.04. The van der Waals surface area contributed by atoms with Crippen LogP contribution in [0.25, 0.3) is 22.8 Å². The van der Waals surface area contributed by atoms with Crippen LogP contribution in [-0.2, 0) is 11.3 Å². The van der Waals surface area contributed by atoms with Gasteiger partial charge in [-0.25, -0.2) is 9.07 Å². The number of aromatic nitrogens is 4. The Bertz CT molecular complexity index is 1420. The summed E-state index contributed by atoms with van der Waals surface area (Å²) in [7, 11) is 0. The van der Waals surface area contributed by atoms with Gasteiger partial charge in [-0.1, -0.05) is 23.2 Å². The summed E-state index contributed by atoms with van der Waals surface area (Å²) < 4.78 is 29.2. The lowest BCUT2D eigenvalue weighted by molar-refractivity contribution is -0.0367. The van der Waals surface area contributed by atoms with Crippen LogP contribution in [0.5, 0.6) is 5.75 Å². The van der Waals surface area contributed by atoms with Gasteiger partial charge >= 0.3 is 0 Å². The molecule has 37 heavy (non-hydrogen) atoms. The molecule has 1 aliphatic rings. The third-order valence-electron chi connectivity index (χ3n) is 6.27. The summed E-state index contributed by atoms with van der Waals surface area (Å²) in [5.74, 6) is 0.0558. The van der Waals surface area contributed by atoms with E-state index in [-0.39, 0.29) is 18.4 Å². The van der Waals surface area contributed by atoms with E-state index in [1.54, 1.807) is 12.1 Å². The number of aliphatic hydroxyl groups is 1. The summed E-state index contributed by atoms with van der Waals surface area (Å²) in [4.78, 5) is 8.06. The predicted octanol–water partition coefficient (Wildman–Crippen LogP) is 6.93. The van der Waals surface area contributed by atoms with E-state index in [9.17, 15) is 5.11 Å². The second-order valence-corrected chi connectivity index (χ2v) is 9.61. The Morgan fingerprint density at radius 1 is 1.22 bits per heavy atom. The summed E-state index contributed by atoms with van der Waals surface area (Å²) >= 11 is 12.6. The number of ether oxygens (including phenoxy) is 2. The van der Waals surface area contributed by atoms with Crippen LogP contribution in [0.1, 0.15) is 61.0 Å².